The second kappa shape index (κ2) is 6.48. The number of carbonyl (C=O) groups excluding carboxylic acids is 2. The van der Waals surface area contributed by atoms with Gasteiger partial charge in [0.25, 0.3) is 11.6 Å². The van der Waals surface area contributed by atoms with Crippen molar-refractivity contribution in [3.8, 4) is 5.75 Å². The van der Waals surface area contributed by atoms with E-state index in [4.69, 9.17) is 15.6 Å². The van der Waals surface area contributed by atoms with Crippen LogP contribution in [0.25, 0.3) is 0 Å². The summed E-state index contributed by atoms with van der Waals surface area (Å²) in [5.74, 6) is -1.62. The van der Waals surface area contributed by atoms with Crippen LogP contribution >= 0.6 is 0 Å². The Hall–Kier alpha value is -2.68. The van der Waals surface area contributed by atoms with Crippen molar-refractivity contribution in [2.45, 2.75) is 6.10 Å². The summed E-state index contributed by atoms with van der Waals surface area (Å²) in [6.07, 6.45) is -1.51. The highest BCUT2D eigenvalue weighted by Crippen LogP contribution is 2.24. The van der Waals surface area contributed by atoms with Gasteiger partial charge in [-0.3, -0.25) is 19.7 Å². The molecule has 0 aromatic heterocycles. The monoisotopic (exact) mass is 283 g/mol. The first kappa shape index (κ1) is 15.4. The van der Waals surface area contributed by atoms with Gasteiger partial charge in [0, 0.05) is 6.07 Å². The molecule has 2 amide bonds. The number of nitrogens with zero attached hydrogens (tertiary/aromatic N) is 1. The lowest BCUT2D eigenvalue weighted by Crippen LogP contribution is -2.40. The number of hydrogen-bond acceptors (Lipinski definition) is 6. The van der Waals surface area contributed by atoms with E-state index in [-0.39, 0.29) is 23.5 Å². The van der Waals surface area contributed by atoms with Gasteiger partial charge < -0.3 is 20.9 Å². The van der Waals surface area contributed by atoms with E-state index in [0.717, 1.165) is 12.1 Å². The number of rotatable bonds is 6. The van der Waals surface area contributed by atoms with Crippen LogP contribution in [0, 0.1) is 10.1 Å². The molecule has 0 bridgehead atoms. The van der Waals surface area contributed by atoms with Crippen LogP contribution in [0.1, 0.15) is 10.4 Å². The van der Waals surface area contributed by atoms with Crippen LogP contribution in [-0.4, -0.2) is 41.6 Å². The second-order valence-corrected chi connectivity index (χ2v) is 3.77. The molecule has 0 aliphatic heterocycles. The highest BCUT2D eigenvalue weighted by atomic mass is 16.6. The summed E-state index contributed by atoms with van der Waals surface area (Å²) >= 11 is 0. The Kier molecular flexibility index (Phi) is 4.98. The third kappa shape index (κ3) is 3.65. The predicted octanol–water partition coefficient (Wildman–Crippen LogP) is -0.821. The van der Waals surface area contributed by atoms with Gasteiger partial charge in [0.05, 0.1) is 30.2 Å². The number of nitrogens with one attached hydrogen (secondary N) is 1. The summed E-state index contributed by atoms with van der Waals surface area (Å²) in [6.45, 7) is -0.367. The number of aliphatic hydroxyl groups is 1. The van der Waals surface area contributed by atoms with Gasteiger partial charge in [-0.05, 0) is 6.07 Å². The average molecular weight is 283 g/mol. The Morgan fingerprint density at radius 3 is 2.70 bits per heavy atom. The van der Waals surface area contributed by atoms with Crippen LogP contribution in [0.2, 0.25) is 0 Å². The summed E-state index contributed by atoms with van der Waals surface area (Å²) < 4.78 is 4.89. The second-order valence-electron chi connectivity index (χ2n) is 3.77. The number of hydrogen-bond donors (Lipinski definition) is 3. The molecule has 0 radical (unpaired) electrons. The molecule has 0 aliphatic carbocycles. The van der Waals surface area contributed by atoms with Crippen LogP contribution < -0.4 is 15.8 Å². The summed E-state index contributed by atoms with van der Waals surface area (Å²) in [7, 11) is 1.26. The number of methoxy groups -OCH3 is 1. The Morgan fingerprint density at radius 2 is 2.20 bits per heavy atom. The molecule has 0 saturated carbocycles. The molecular weight excluding hydrogens is 270 g/mol. The molecule has 20 heavy (non-hydrogen) atoms. The van der Waals surface area contributed by atoms with Crippen molar-refractivity contribution >= 4 is 17.5 Å². The number of primary amides is 1. The summed E-state index contributed by atoms with van der Waals surface area (Å²) in [4.78, 5) is 32.4. The number of nitrogens with two attached hydrogens (primary N) is 1. The van der Waals surface area contributed by atoms with Gasteiger partial charge in [-0.1, -0.05) is 0 Å². The normalized spacial score (nSPS) is 11.5. The average Bonchev–Trinajstić information content (AvgIpc) is 2.43. The number of benzene rings is 1. The van der Waals surface area contributed by atoms with Gasteiger partial charge in [-0.15, -0.1) is 0 Å². The molecule has 1 rings (SSSR count). The predicted molar refractivity (Wildman–Crippen MR) is 67.2 cm³/mol. The number of non-ortho nitro benzene ring substituents is 1. The standard InChI is InChI=1S/C11H13N3O6/c1-20-9-4-6(14(18)19)2-3-7(9)11(17)13-5-8(15)10(12)16/h2-4,8,15H,5H2,1H3,(H2,12,16)(H,13,17). The van der Waals surface area contributed by atoms with Gasteiger partial charge >= 0.3 is 0 Å². The fourth-order valence-corrected chi connectivity index (χ4v) is 1.37. The zero-order valence-electron chi connectivity index (χ0n) is 10.5. The molecular formula is C11H13N3O6. The minimum atomic E-state index is -1.51. The van der Waals surface area contributed by atoms with E-state index in [9.17, 15) is 19.7 Å². The molecule has 108 valence electrons. The van der Waals surface area contributed by atoms with Crippen LogP contribution in [0.15, 0.2) is 18.2 Å². The first-order chi connectivity index (χ1) is 9.36. The molecule has 0 heterocycles. The molecule has 9 heteroatoms. The van der Waals surface area contributed by atoms with E-state index < -0.39 is 22.8 Å². The van der Waals surface area contributed by atoms with Crippen molar-refractivity contribution < 1.29 is 24.4 Å². The fourth-order valence-electron chi connectivity index (χ4n) is 1.37. The maximum atomic E-state index is 11.8. The van der Waals surface area contributed by atoms with Crippen molar-refractivity contribution in [3.05, 3.63) is 33.9 Å². The summed E-state index contributed by atoms with van der Waals surface area (Å²) in [6, 6.07) is 3.45. The van der Waals surface area contributed by atoms with E-state index in [0.29, 0.717) is 0 Å². The molecule has 0 aliphatic rings. The van der Waals surface area contributed by atoms with E-state index in [1.807, 2.05) is 0 Å². The van der Waals surface area contributed by atoms with E-state index in [1.54, 1.807) is 0 Å². The Morgan fingerprint density at radius 1 is 1.55 bits per heavy atom. The van der Waals surface area contributed by atoms with Gasteiger partial charge in [0.15, 0.2) is 0 Å². The number of nitro benzene ring substituents is 1. The Bertz CT molecular complexity index is 545. The van der Waals surface area contributed by atoms with Gasteiger partial charge in [-0.25, -0.2) is 0 Å². The highest BCUT2D eigenvalue weighted by molar-refractivity contribution is 5.97. The molecule has 0 spiro atoms. The van der Waals surface area contributed by atoms with Crippen LogP contribution in [0.5, 0.6) is 5.75 Å². The number of aliphatic hydroxyl groups excluding tert-OH is 1. The van der Waals surface area contributed by atoms with Crippen molar-refractivity contribution in [2.75, 3.05) is 13.7 Å². The first-order valence-electron chi connectivity index (χ1n) is 5.44. The lowest BCUT2D eigenvalue weighted by Gasteiger charge is -2.11. The maximum Gasteiger partial charge on any atom is 0.273 e. The Labute approximate surface area is 113 Å². The van der Waals surface area contributed by atoms with Crippen molar-refractivity contribution in [3.63, 3.8) is 0 Å². The number of carbonyl (C=O) groups is 2. The third-order valence-corrected chi connectivity index (χ3v) is 2.42. The smallest absolute Gasteiger partial charge is 0.273 e. The van der Waals surface area contributed by atoms with E-state index in [1.165, 1.54) is 13.2 Å². The fraction of sp³-hybridized carbons (Fsp3) is 0.273. The largest absolute Gasteiger partial charge is 0.496 e. The SMILES string of the molecule is COc1cc([N+](=O)[O-])ccc1C(=O)NCC(O)C(N)=O. The van der Waals surface area contributed by atoms with E-state index >= 15 is 0 Å². The molecule has 9 nitrogen and oxygen atoms in total. The maximum absolute atomic E-state index is 11.8. The molecule has 4 N–H and O–H groups in total. The number of ether oxygens (including phenoxy) is 1. The molecule has 0 fully saturated rings. The quantitative estimate of drug-likeness (QED) is 0.459. The molecule has 1 aromatic rings. The Balaban J connectivity index is 2.87. The molecule has 1 aromatic carbocycles. The summed E-state index contributed by atoms with van der Waals surface area (Å²) in [5, 5.41) is 22.0. The van der Waals surface area contributed by atoms with Gasteiger partial charge in [-0.2, -0.15) is 0 Å². The van der Waals surface area contributed by atoms with Crippen LogP contribution in [0.3, 0.4) is 0 Å². The van der Waals surface area contributed by atoms with E-state index in [2.05, 4.69) is 5.32 Å². The topological polar surface area (TPSA) is 145 Å². The molecule has 0 saturated heterocycles. The lowest BCUT2D eigenvalue weighted by atomic mass is 10.1. The number of amides is 2. The molecule has 1 atom stereocenters. The van der Waals surface area contributed by atoms with Crippen molar-refractivity contribution in [2.24, 2.45) is 5.73 Å². The minimum absolute atomic E-state index is 0.00487. The lowest BCUT2D eigenvalue weighted by molar-refractivity contribution is -0.384. The van der Waals surface area contributed by atoms with Gasteiger partial charge in [0.1, 0.15) is 11.9 Å². The highest BCUT2D eigenvalue weighted by Gasteiger charge is 2.18. The van der Waals surface area contributed by atoms with Crippen LogP contribution in [-0.2, 0) is 4.79 Å². The number of nitro groups is 1. The first-order valence-corrected chi connectivity index (χ1v) is 5.44. The third-order valence-electron chi connectivity index (χ3n) is 2.42. The van der Waals surface area contributed by atoms with Crippen molar-refractivity contribution in [1.82, 2.24) is 5.32 Å². The zero-order valence-corrected chi connectivity index (χ0v) is 10.5. The van der Waals surface area contributed by atoms with Crippen molar-refractivity contribution in [1.29, 1.82) is 0 Å². The zero-order chi connectivity index (χ0) is 15.3. The van der Waals surface area contributed by atoms with Crippen LogP contribution in [0.4, 0.5) is 5.69 Å². The van der Waals surface area contributed by atoms with Gasteiger partial charge in [0.2, 0.25) is 5.91 Å². The minimum Gasteiger partial charge on any atom is -0.496 e. The summed E-state index contributed by atoms with van der Waals surface area (Å²) in [5.41, 5.74) is 4.64. The molecule has 1 unspecified atom stereocenters.